The van der Waals surface area contributed by atoms with Crippen LogP contribution in [0, 0.1) is 5.82 Å². The topological polar surface area (TPSA) is 69.9 Å². The summed E-state index contributed by atoms with van der Waals surface area (Å²) in [7, 11) is 0. The minimum atomic E-state index is -0.415. The number of carbonyl (C=O) groups is 1. The standard InChI is InChI=1S/C24H21FN4O2S/c1-3-31-21-10-4-17(5-11-21)22(30)16(2)32-24-28-27-23(18-12-14-26-15-13-18)29(24)20-8-6-19(25)7-9-20/h4-16H,3H2,1-2H3/t16-/m0/s1. The van der Waals surface area contributed by atoms with Crippen LogP contribution >= 0.6 is 11.8 Å². The zero-order valence-electron chi connectivity index (χ0n) is 17.6. The van der Waals surface area contributed by atoms with Crippen LogP contribution in [-0.4, -0.2) is 37.4 Å². The van der Waals surface area contributed by atoms with Crippen LogP contribution in [0.2, 0.25) is 0 Å². The molecule has 1 atom stereocenters. The third kappa shape index (κ3) is 4.70. The van der Waals surface area contributed by atoms with Gasteiger partial charge in [-0.15, -0.1) is 10.2 Å². The van der Waals surface area contributed by atoms with Gasteiger partial charge in [-0.25, -0.2) is 4.39 Å². The second kappa shape index (κ2) is 9.74. The number of aromatic nitrogens is 4. The summed E-state index contributed by atoms with van der Waals surface area (Å²) in [5, 5.41) is 8.80. The fourth-order valence-electron chi connectivity index (χ4n) is 3.19. The van der Waals surface area contributed by atoms with E-state index in [9.17, 15) is 9.18 Å². The van der Waals surface area contributed by atoms with E-state index in [2.05, 4.69) is 15.2 Å². The zero-order chi connectivity index (χ0) is 22.5. The summed E-state index contributed by atoms with van der Waals surface area (Å²) >= 11 is 1.30. The number of benzene rings is 2. The van der Waals surface area contributed by atoms with Gasteiger partial charge in [0.2, 0.25) is 0 Å². The first kappa shape index (κ1) is 21.7. The van der Waals surface area contributed by atoms with Crippen LogP contribution < -0.4 is 4.74 Å². The number of hydrogen-bond acceptors (Lipinski definition) is 6. The molecule has 0 aliphatic carbocycles. The van der Waals surface area contributed by atoms with Gasteiger partial charge in [0.1, 0.15) is 11.6 Å². The minimum absolute atomic E-state index is 0.0304. The molecular formula is C24H21FN4O2S. The Bertz CT molecular complexity index is 1200. The quantitative estimate of drug-likeness (QED) is 0.272. The average molecular weight is 449 g/mol. The third-order valence-corrected chi connectivity index (χ3v) is 5.80. The largest absolute Gasteiger partial charge is 0.494 e. The molecule has 0 bridgehead atoms. The van der Waals surface area contributed by atoms with E-state index in [0.29, 0.717) is 28.8 Å². The maximum atomic E-state index is 13.5. The molecule has 32 heavy (non-hydrogen) atoms. The highest BCUT2D eigenvalue weighted by molar-refractivity contribution is 8.00. The molecule has 4 rings (SSSR count). The van der Waals surface area contributed by atoms with E-state index >= 15 is 0 Å². The molecule has 0 saturated heterocycles. The minimum Gasteiger partial charge on any atom is -0.494 e. The third-order valence-electron chi connectivity index (χ3n) is 4.76. The Morgan fingerprint density at radius 1 is 1.03 bits per heavy atom. The zero-order valence-corrected chi connectivity index (χ0v) is 18.4. The van der Waals surface area contributed by atoms with Crippen LogP contribution in [0.1, 0.15) is 24.2 Å². The molecule has 8 heteroatoms. The molecule has 0 N–H and O–H groups in total. The molecular weight excluding hydrogens is 427 g/mol. The summed E-state index contributed by atoms with van der Waals surface area (Å²) in [6.07, 6.45) is 3.34. The van der Waals surface area contributed by atoms with Crippen molar-refractivity contribution in [2.24, 2.45) is 0 Å². The lowest BCUT2D eigenvalue weighted by atomic mass is 10.1. The van der Waals surface area contributed by atoms with E-state index in [-0.39, 0.29) is 11.6 Å². The molecule has 0 spiro atoms. The van der Waals surface area contributed by atoms with E-state index in [0.717, 1.165) is 11.3 Å². The molecule has 0 unspecified atom stereocenters. The molecule has 0 aliphatic heterocycles. The number of hydrogen-bond donors (Lipinski definition) is 0. The Morgan fingerprint density at radius 2 is 1.72 bits per heavy atom. The van der Waals surface area contributed by atoms with Gasteiger partial charge in [-0.05, 0) is 74.5 Å². The monoisotopic (exact) mass is 448 g/mol. The molecule has 0 fully saturated rings. The van der Waals surface area contributed by atoms with E-state index in [1.165, 1.54) is 23.9 Å². The summed E-state index contributed by atoms with van der Waals surface area (Å²) in [6, 6.07) is 16.8. The van der Waals surface area contributed by atoms with E-state index in [1.54, 1.807) is 48.8 Å². The number of carbonyl (C=O) groups excluding carboxylic acids is 1. The summed E-state index contributed by atoms with van der Waals surface area (Å²) < 4.78 is 20.8. The second-order valence-corrected chi connectivity index (χ2v) is 8.24. The van der Waals surface area contributed by atoms with Crippen molar-refractivity contribution in [1.82, 2.24) is 19.7 Å². The van der Waals surface area contributed by atoms with Crippen LogP contribution in [0.15, 0.2) is 78.2 Å². The van der Waals surface area contributed by atoms with Gasteiger partial charge in [0, 0.05) is 29.2 Å². The summed E-state index contributed by atoms with van der Waals surface area (Å²) in [4.78, 5) is 17.1. The number of pyridine rings is 1. The maximum absolute atomic E-state index is 13.5. The lowest BCUT2D eigenvalue weighted by molar-refractivity contribution is 0.0994. The van der Waals surface area contributed by atoms with Crippen LogP contribution in [0.3, 0.4) is 0 Å². The highest BCUT2D eigenvalue weighted by Crippen LogP contribution is 2.31. The molecule has 0 saturated carbocycles. The van der Waals surface area contributed by atoms with Crippen molar-refractivity contribution in [1.29, 1.82) is 0 Å². The number of thioether (sulfide) groups is 1. The molecule has 0 radical (unpaired) electrons. The number of nitrogens with zero attached hydrogens (tertiary/aromatic N) is 4. The Hall–Kier alpha value is -3.52. The van der Waals surface area contributed by atoms with Crippen LogP contribution in [0.4, 0.5) is 4.39 Å². The highest BCUT2D eigenvalue weighted by Gasteiger charge is 2.23. The fraction of sp³-hybridized carbons (Fsp3) is 0.167. The number of ketones is 1. The first-order valence-electron chi connectivity index (χ1n) is 10.1. The van der Waals surface area contributed by atoms with Gasteiger partial charge < -0.3 is 4.74 Å². The van der Waals surface area contributed by atoms with Crippen molar-refractivity contribution >= 4 is 17.5 Å². The number of Topliss-reactive ketones (excluding diaryl/α,β-unsaturated/α-hetero) is 1. The first-order chi connectivity index (χ1) is 15.6. The van der Waals surface area contributed by atoms with Crippen LogP contribution in [-0.2, 0) is 0 Å². The lowest BCUT2D eigenvalue weighted by Gasteiger charge is -2.13. The van der Waals surface area contributed by atoms with Gasteiger partial charge in [0.15, 0.2) is 16.8 Å². The predicted molar refractivity (Wildman–Crippen MR) is 122 cm³/mol. The van der Waals surface area contributed by atoms with E-state index in [1.807, 2.05) is 30.5 Å². The van der Waals surface area contributed by atoms with Crippen LogP contribution in [0.5, 0.6) is 5.75 Å². The second-order valence-electron chi connectivity index (χ2n) is 6.94. The first-order valence-corrected chi connectivity index (χ1v) is 11.0. The van der Waals surface area contributed by atoms with Crippen molar-refractivity contribution in [3.8, 4) is 22.8 Å². The van der Waals surface area contributed by atoms with E-state index in [4.69, 9.17) is 4.74 Å². The van der Waals surface area contributed by atoms with Gasteiger partial charge in [-0.2, -0.15) is 0 Å². The molecule has 4 aromatic rings. The number of ether oxygens (including phenoxy) is 1. The Balaban J connectivity index is 1.65. The van der Waals surface area contributed by atoms with Gasteiger partial charge in [-0.3, -0.25) is 14.3 Å². The van der Waals surface area contributed by atoms with E-state index < -0.39 is 5.25 Å². The van der Waals surface area contributed by atoms with Gasteiger partial charge >= 0.3 is 0 Å². The summed E-state index contributed by atoms with van der Waals surface area (Å²) in [5.41, 5.74) is 2.11. The number of halogens is 1. The molecule has 2 aromatic carbocycles. The van der Waals surface area contributed by atoms with Crippen molar-refractivity contribution in [2.75, 3.05) is 6.61 Å². The van der Waals surface area contributed by atoms with Crippen molar-refractivity contribution in [3.63, 3.8) is 0 Å². The smallest absolute Gasteiger partial charge is 0.196 e. The molecule has 6 nitrogen and oxygen atoms in total. The SMILES string of the molecule is CCOc1ccc(C(=O)[C@H](C)Sc2nnc(-c3ccncc3)n2-c2ccc(F)cc2)cc1. The summed E-state index contributed by atoms with van der Waals surface area (Å²) in [6.45, 7) is 4.31. The summed E-state index contributed by atoms with van der Waals surface area (Å²) in [5.74, 6) is 0.947. The average Bonchev–Trinajstić information content (AvgIpc) is 3.24. The molecule has 0 aliphatic rings. The van der Waals surface area contributed by atoms with Crippen molar-refractivity contribution in [3.05, 3.63) is 84.4 Å². The molecule has 0 amide bonds. The van der Waals surface area contributed by atoms with Crippen molar-refractivity contribution in [2.45, 2.75) is 24.3 Å². The molecule has 2 aromatic heterocycles. The van der Waals surface area contributed by atoms with Gasteiger partial charge in [0.05, 0.1) is 11.9 Å². The van der Waals surface area contributed by atoms with Gasteiger partial charge in [-0.1, -0.05) is 11.8 Å². The Labute approximate surface area is 189 Å². The normalized spacial score (nSPS) is 11.8. The molecule has 2 heterocycles. The van der Waals surface area contributed by atoms with Crippen molar-refractivity contribution < 1.29 is 13.9 Å². The predicted octanol–water partition coefficient (Wildman–Crippen LogP) is 5.23. The highest BCUT2D eigenvalue weighted by atomic mass is 32.2. The maximum Gasteiger partial charge on any atom is 0.196 e. The van der Waals surface area contributed by atoms with Gasteiger partial charge in [0.25, 0.3) is 0 Å². The lowest BCUT2D eigenvalue weighted by Crippen LogP contribution is -2.14. The Morgan fingerprint density at radius 3 is 2.38 bits per heavy atom. The molecule has 162 valence electrons. The number of rotatable bonds is 8. The fourth-order valence-corrected chi connectivity index (χ4v) is 4.13. The van der Waals surface area contributed by atoms with Crippen LogP contribution in [0.25, 0.3) is 17.1 Å². The Kier molecular flexibility index (Phi) is 6.61.